The number of sulfonamides is 1. The average molecular weight is 457 g/mol. The quantitative estimate of drug-likeness (QED) is 0.423. The first kappa shape index (κ1) is 22.9. The minimum absolute atomic E-state index is 0.0228. The average Bonchev–Trinajstić information content (AvgIpc) is 2.78. The molecule has 0 aliphatic rings. The van der Waals surface area contributed by atoms with E-state index in [0.29, 0.717) is 5.52 Å². The molecule has 1 aromatic heterocycles. The van der Waals surface area contributed by atoms with E-state index in [4.69, 9.17) is 0 Å². The Balaban J connectivity index is 1.84. The van der Waals surface area contributed by atoms with Gasteiger partial charge in [0, 0.05) is 24.2 Å². The highest BCUT2D eigenvalue weighted by molar-refractivity contribution is 7.89. The predicted octanol–water partition coefficient (Wildman–Crippen LogP) is 1.68. The van der Waals surface area contributed by atoms with Crippen LogP contribution < -0.4 is 11.1 Å². The first-order chi connectivity index (χ1) is 15.2. The minimum atomic E-state index is -3.77. The van der Waals surface area contributed by atoms with Gasteiger partial charge in [0.15, 0.2) is 0 Å². The van der Waals surface area contributed by atoms with Gasteiger partial charge in [-0.1, -0.05) is 19.9 Å². The van der Waals surface area contributed by atoms with E-state index < -0.39 is 33.0 Å². The van der Waals surface area contributed by atoms with E-state index in [-0.39, 0.29) is 34.6 Å². The number of aromatic amines is 2. The smallest absolute Gasteiger partial charge is 0.314 e. The number of carbonyl (C=O) groups is 2. The van der Waals surface area contributed by atoms with Crippen LogP contribution in [0.4, 0.5) is 0 Å². The lowest BCUT2D eigenvalue weighted by Gasteiger charge is -2.18. The number of amides is 2. The summed E-state index contributed by atoms with van der Waals surface area (Å²) in [6.07, 6.45) is 0. The third-order valence-corrected chi connectivity index (χ3v) is 6.67. The molecular formula is C20H19N5O6S. The van der Waals surface area contributed by atoms with Crippen molar-refractivity contribution >= 4 is 32.9 Å². The SMILES string of the molecule is CCN(CC)S(=O)(=O)c1cccc(C(=O)N=NC(=O)c2ccc3[nH]c(=O)c(=O)[nH]c3c2)c1. The van der Waals surface area contributed by atoms with Gasteiger partial charge < -0.3 is 9.97 Å². The van der Waals surface area contributed by atoms with Gasteiger partial charge in [0.05, 0.1) is 15.9 Å². The fourth-order valence-corrected chi connectivity index (χ4v) is 4.46. The molecule has 2 aromatic carbocycles. The Morgan fingerprint density at radius 3 is 2.00 bits per heavy atom. The molecule has 0 unspecified atom stereocenters. The summed E-state index contributed by atoms with van der Waals surface area (Å²) in [5.74, 6) is -1.76. The number of hydrogen-bond acceptors (Lipinski definition) is 6. The van der Waals surface area contributed by atoms with Gasteiger partial charge in [-0.3, -0.25) is 19.2 Å². The maximum Gasteiger partial charge on any atom is 0.314 e. The highest BCUT2D eigenvalue weighted by atomic mass is 32.2. The van der Waals surface area contributed by atoms with E-state index in [2.05, 4.69) is 20.2 Å². The summed E-state index contributed by atoms with van der Waals surface area (Å²) in [6, 6.07) is 9.35. The lowest BCUT2D eigenvalue weighted by Crippen LogP contribution is -2.30. The molecule has 0 saturated heterocycles. The summed E-state index contributed by atoms with van der Waals surface area (Å²) in [5, 5.41) is 6.78. The van der Waals surface area contributed by atoms with Gasteiger partial charge in [0.1, 0.15) is 0 Å². The third-order valence-electron chi connectivity index (χ3n) is 4.62. The summed E-state index contributed by atoms with van der Waals surface area (Å²) in [5.41, 5.74) is -1.21. The van der Waals surface area contributed by atoms with Gasteiger partial charge in [-0.05, 0) is 36.4 Å². The number of carbonyl (C=O) groups excluding carboxylic acids is 2. The molecule has 3 rings (SSSR count). The zero-order valence-electron chi connectivity index (χ0n) is 17.2. The first-order valence-corrected chi connectivity index (χ1v) is 11.0. The molecule has 0 fully saturated rings. The fourth-order valence-electron chi connectivity index (χ4n) is 2.96. The molecule has 0 bridgehead atoms. The molecule has 3 aromatic rings. The van der Waals surface area contributed by atoms with Gasteiger partial charge in [-0.15, -0.1) is 10.2 Å². The van der Waals surface area contributed by atoms with Crippen LogP contribution in [0, 0.1) is 0 Å². The Morgan fingerprint density at radius 1 is 0.844 bits per heavy atom. The van der Waals surface area contributed by atoms with Gasteiger partial charge in [0.25, 0.3) is 11.8 Å². The van der Waals surface area contributed by atoms with Crippen molar-refractivity contribution in [2.45, 2.75) is 18.7 Å². The van der Waals surface area contributed by atoms with Gasteiger partial charge >= 0.3 is 11.1 Å². The van der Waals surface area contributed by atoms with Crippen LogP contribution in [0.3, 0.4) is 0 Å². The fraction of sp³-hybridized carbons (Fsp3) is 0.200. The number of aromatic nitrogens is 2. The van der Waals surface area contributed by atoms with E-state index >= 15 is 0 Å². The second-order valence-electron chi connectivity index (χ2n) is 6.60. The molecular weight excluding hydrogens is 438 g/mol. The molecule has 0 spiro atoms. The van der Waals surface area contributed by atoms with Crippen molar-refractivity contribution in [1.82, 2.24) is 14.3 Å². The van der Waals surface area contributed by atoms with Crippen LogP contribution in [-0.2, 0) is 10.0 Å². The lowest BCUT2D eigenvalue weighted by molar-refractivity contribution is 0.0946. The molecule has 11 nitrogen and oxygen atoms in total. The summed E-state index contributed by atoms with van der Waals surface area (Å²) < 4.78 is 26.5. The summed E-state index contributed by atoms with van der Waals surface area (Å²) >= 11 is 0. The number of azo groups is 1. The lowest BCUT2D eigenvalue weighted by atomic mass is 10.2. The number of nitrogens with zero attached hydrogens (tertiary/aromatic N) is 3. The zero-order chi connectivity index (χ0) is 23.5. The highest BCUT2D eigenvalue weighted by Crippen LogP contribution is 2.18. The Labute approximate surface area is 181 Å². The molecule has 2 N–H and O–H groups in total. The van der Waals surface area contributed by atoms with Crippen LogP contribution in [-0.4, -0.2) is 47.6 Å². The Hall–Kier alpha value is -3.77. The topological polar surface area (TPSA) is 162 Å². The molecule has 0 atom stereocenters. The maximum atomic E-state index is 12.6. The van der Waals surface area contributed by atoms with E-state index in [9.17, 15) is 27.6 Å². The molecule has 0 saturated carbocycles. The monoisotopic (exact) mass is 457 g/mol. The van der Waals surface area contributed by atoms with Gasteiger partial charge in [-0.25, -0.2) is 8.42 Å². The molecule has 32 heavy (non-hydrogen) atoms. The highest BCUT2D eigenvalue weighted by Gasteiger charge is 2.22. The van der Waals surface area contributed by atoms with Crippen LogP contribution in [0.2, 0.25) is 0 Å². The largest absolute Gasteiger partial charge is 0.316 e. The van der Waals surface area contributed by atoms with Crippen molar-refractivity contribution in [1.29, 1.82) is 0 Å². The number of nitrogens with one attached hydrogen (secondary N) is 2. The van der Waals surface area contributed by atoms with E-state index in [1.807, 2.05) is 0 Å². The Bertz CT molecular complexity index is 1450. The molecule has 166 valence electrons. The molecule has 1 heterocycles. The molecule has 0 aliphatic carbocycles. The molecule has 0 radical (unpaired) electrons. The second kappa shape index (κ2) is 9.16. The summed E-state index contributed by atoms with van der Waals surface area (Å²) in [6.45, 7) is 3.96. The number of benzene rings is 2. The standard InChI is InChI=1S/C20H19N5O6S/c1-3-25(4-2)32(30,31)14-7-5-6-12(10-14)17(26)23-24-18(27)13-8-9-15-16(11-13)22-20(29)19(28)21-15/h5-11H,3-4H2,1-2H3,(H,21,28)(H,22,29). The van der Waals surface area contributed by atoms with E-state index in [1.54, 1.807) is 13.8 Å². The van der Waals surface area contributed by atoms with Crippen LogP contribution in [0.25, 0.3) is 11.0 Å². The normalized spacial score (nSPS) is 12.0. The van der Waals surface area contributed by atoms with Crippen molar-refractivity contribution < 1.29 is 18.0 Å². The van der Waals surface area contributed by atoms with Crippen molar-refractivity contribution in [2.24, 2.45) is 10.2 Å². The molecule has 2 amide bonds. The zero-order valence-corrected chi connectivity index (χ0v) is 18.0. The van der Waals surface area contributed by atoms with Crippen molar-refractivity contribution in [3.63, 3.8) is 0 Å². The van der Waals surface area contributed by atoms with Gasteiger partial charge in [-0.2, -0.15) is 4.31 Å². The van der Waals surface area contributed by atoms with Crippen molar-refractivity contribution in [2.75, 3.05) is 13.1 Å². The van der Waals surface area contributed by atoms with Crippen LogP contribution >= 0.6 is 0 Å². The summed E-state index contributed by atoms with van der Waals surface area (Å²) in [4.78, 5) is 52.1. The van der Waals surface area contributed by atoms with Crippen molar-refractivity contribution in [3.05, 3.63) is 74.3 Å². The number of fused-ring (bicyclic) bond motifs is 1. The maximum absolute atomic E-state index is 12.6. The van der Waals surface area contributed by atoms with Crippen molar-refractivity contribution in [3.8, 4) is 0 Å². The molecule has 0 aliphatic heterocycles. The van der Waals surface area contributed by atoms with Crippen LogP contribution in [0.1, 0.15) is 34.6 Å². The molecule has 12 heteroatoms. The van der Waals surface area contributed by atoms with Gasteiger partial charge in [0.2, 0.25) is 10.0 Å². The van der Waals surface area contributed by atoms with Crippen LogP contribution in [0.5, 0.6) is 0 Å². The predicted molar refractivity (Wildman–Crippen MR) is 115 cm³/mol. The minimum Gasteiger partial charge on any atom is -0.316 e. The Morgan fingerprint density at radius 2 is 1.41 bits per heavy atom. The number of H-pyrrole nitrogens is 2. The Kier molecular flexibility index (Phi) is 6.55. The third kappa shape index (κ3) is 4.60. The first-order valence-electron chi connectivity index (χ1n) is 9.54. The number of rotatable bonds is 6. The summed E-state index contributed by atoms with van der Waals surface area (Å²) in [7, 11) is -3.77. The van der Waals surface area contributed by atoms with Crippen LogP contribution in [0.15, 0.2) is 67.2 Å². The van der Waals surface area contributed by atoms with E-state index in [1.165, 1.54) is 46.8 Å². The van der Waals surface area contributed by atoms with E-state index in [0.717, 1.165) is 0 Å². The number of hydrogen-bond donors (Lipinski definition) is 2. The second-order valence-corrected chi connectivity index (χ2v) is 8.53.